The van der Waals surface area contributed by atoms with Gasteiger partial charge in [-0.1, -0.05) is 6.42 Å². The number of nitrogens with zero attached hydrogens (tertiary/aromatic N) is 3. The Balaban J connectivity index is 0.000000402. The van der Waals surface area contributed by atoms with E-state index in [0.29, 0.717) is 30.6 Å². The summed E-state index contributed by atoms with van der Waals surface area (Å²) >= 11 is 0. The number of carboxylic acids is 2. The molecular weight excluding hydrogens is 644 g/mol. The van der Waals surface area contributed by atoms with E-state index in [2.05, 4.69) is 20.0 Å². The first kappa shape index (κ1) is 37.2. The molecule has 0 aliphatic carbocycles. The Morgan fingerprint density at radius 3 is 2.00 bits per heavy atom. The van der Waals surface area contributed by atoms with Crippen LogP contribution in [0.4, 0.5) is 31.1 Å². The van der Waals surface area contributed by atoms with Gasteiger partial charge in [0.05, 0.1) is 12.6 Å². The third kappa shape index (κ3) is 11.5. The fourth-order valence-electron chi connectivity index (χ4n) is 4.87. The number of carbonyl (C=O) groups excluding carboxylic acids is 2. The largest absolute Gasteiger partial charge is 0.490 e. The van der Waals surface area contributed by atoms with Crippen molar-refractivity contribution in [3.8, 4) is 0 Å². The highest BCUT2D eigenvalue weighted by Gasteiger charge is 2.49. The molecule has 2 bridgehead atoms. The zero-order chi connectivity index (χ0) is 33.5. The molecule has 3 amide bonds. The molecule has 44 heavy (non-hydrogen) atoms. The second kappa shape index (κ2) is 15.3. The van der Waals surface area contributed by atoms with Crippen LogP contribution in [0.3, 0.4) is 0 Å². The van der Waals surface area contributed by atoms with Crippen LogP contribution in [0.5, 0.6) is 0 Å². The number of alkyl halides is 6. The maximum Gasteiger partial charge on any atom is 0.490 e. The minimum atomic E-state index is -5.08. The number of halogens is 6. The second-order valence-corrected chi connectivity index (χ2v) is 11.0. The molecule has 4 fully saturated rings. The highest BCUT2D eigenvalue weighted by molar-refractivity contribution is 7.80. The van der Waals surface area contributed by atoms with Crippen molar-refractivity contribution in [2.75, 3.05) is 32.8 Å². The van der Waals surface area contributed by atoms with Gasteiger partial charge in [-0.2, -0.15) is 39.8 Å². The van der Waals surface area contributed by atoms with Crippen LogP contribution in [0.2, 0.25) is 0 Å². The van der Waals surface area contributed by atoms with Crippen LogP contribution in [-0.4, -0.2) is 131 Å². The van der Waals surface area contributed by atoms with Crippen molar-refractivity contribution in [1.82, 2.24) is 25.7 Å². The molecule has 0 spiro atoms. The predicted octanol–water partition coefficient (Wildman–Crippen LogP) is 0.520. The zero-order valence-electron chi connectivity index (χ0n) is 22.7. The molecule has 16 nitrogen and oxygen atoms in total. The molecule has 0 aromatic heterocycles. The summed E-state index contributed by atoms with van der Waals surface area (Å²) in [6.45, 7) is 3.67. The molecule has 254 valence electrons. The van der Waals surface area contributed by atoms with Crippen molar-refractivity contribution in [3.63, 3.8) is 0 Å². The Labute approximate surface area is 246 Å². The van der Waals surface area contributed by atoms with E-state index >= 15 is 0 Å². The van der Waals surface area contributed by atoms with Gasteiger partial charge in [0, 0.05) is 25.2 Å². The SMILES string of the molecule is O=C(NOC[C@H]1C[C@H](N2CCCCC2)CN1)[C@@H]1CC[C@@H]2CN1C(=O)N2OS(=O)(=O)O.O=C(O)C(F)(F)F.O=C(O)C(F)(F)F. The summed E-state index contributed by atoms with van der Waals surface area (Å²) in [6, 6.07) is -1.42. The van der Waals surface area contributed by atoms with Gasteiger partial charge in [0.2, 0.25) is 0 Å². The number of rotatable bonds is 7. The fraction of sp³-hybridized carbons (Fsp3) is 0.810. The number of nitrogens with one attached hydrogen (secondary N) is 2. The molecular formula is C21H31F6N5O11S. The molecule has 5 N–H and O–H groups in total. The van der Waals surface area contributed by atoms with Gasteiger partial charge < -0.3 is 20.4 Å². The number of likely N-dealkylation sites (tertiary alicyclic amines) is 1. The van der Waals surface area contributed by atoms with Gasteiger partial charge in [0.1, 0.15) is 6.04 Å². The number of fused-ring (bicyclic) bond motifs is 2. The van der Waals surface area contributed by atoms with Gasteiger partial charge in [-0.05, 0) is 45.2 Å². The van der Waals surface area contributed by atoms with Gasteiger partial charge in [-0.15, -0.1) is 4.28 Å². The molecule has 4 heterocycles. The van der Waals surface area contributed by atoms with Gasteiger partial charge >= 0.3 is 40.7 Å². The zero-order valence-corrected chi connectivity index (χ0v) is 23.5. The third-order valence-electron chi connectivity index (χ3n) is 6.85. The number of hydrogen-bond acceptors (Lipinski definition) is 10. The van der Waals surface area contributed by atoms with E-state index in [1.807, 2.05) is 0 Å². The molecule has 0 aromatic carbocycles. The number of carbonyl (C=O) groups is 4. The lowest BCUT2D eigenvalue weighted by atomic mass is 10.0. The van der Waals surface area contributed by atoms with E-state index in [1.165, 1.54) is 24.2 Å². The van der Waals surface area contributed by atoms with E-state index < -0.39 is 58.7 Å². The smallest absolute Gasteiger partial charge is 0.475 e. The molecule has 0 radical (unpaired) electrons. The average molecular weight is 676 g/mol. The quantitative estimate of drug-likeness (QED) is 0.142. The normalized spacial score (nSPS) is 25.8. The van der Waals surface area contributed by atoms with Crippen molar-refractivity contribution >= 4 is 34.3 Å². The van der Waals surface area contributed by atoms with Gasteiger partial charge in [-0.25, -0.2) is 19.9 Å². The maximum atomic E-state index is 12.5. The molecule has 4 rings (SSSR count). The molecule has 4 aliphatic rings. The summed E-state index contributed by atoms with van der Waals surface area (Å²) in [4.78, 5) is 51.9. The monoisotopic (exact) mass is 675 g/mol. The Morgan fingerprint density at radius 1 is 0.955 bits per heavy atom. The van der Waals surface area contributed by atoms with Crippen LogP contribution >= 0.6 is 0 Å². The van der Waals surface area contributed by atoms with Crippen LogP contribution in [0, 0.1) is 0 Å². The van der Waals surface area contributed by atoms with Gasteiger partial charge in [0.25, 0.3) is 5.91 Å². The molecule has 4 aliphatic heterocycles. The van der Waals surface area contributed by atoms with Crippen molar-refractivity contribution in [2.45, 2.75) is 75.0 Å². The highest BCUT2D eigenvalue weighted by Crippen LogP contribution is 2.30. The Bertz CT molecular complexity index is 1110. The van der Waals surface area contributed by atoms with Crippen molar-refractivity contribution in [2.24, 2.45) is 0 Å². The van der Waals surface area contributed by atoms with E-state index in [-0.39, 0.29) is 12.6 Å². The van der Waals surface area contributed by atoms with Gasteiger partial charge in [-0.3, -0.25) is 19.1 Å². The van der Waals surface area contributed by atoms with Gasteiger partial charge in [0.15, 0.2) is 0 Å². The Hall–Kier alpha value is -2.99. The summed E-state index contributed by atoms with van der Waals surface area (Å²) in [5.74, 6) is -5.97. The molecule has 0 saturated carbocycles. The summed E-state index contributed by atoms with van der Waals surface area (Å²) in [7, 11) is -4.81. The molecule has 0 aromatic rings. The van der Waals surface area contributed by atoms with Crippen molar-refractivity contribution < 1.29 is 77.8 Å². The second-order valence-electron chi connectivity index (χ2n) is 9.98. The first-order valence-corrected chi connectivity index (χ1v) is 14.3. The first-order valence-electron chi connectivity index (χ1n) is 13.0. The number of aliphatic carboxylic acids is 2. The van der Waals surface area contributed by atoms with Crippen LogP contribution in [0.15, 0.2) is 0 Å². The topological polar surface area (TPSA) is 215 Å². The van der Waals surface area contributed by atoms with E-state index in [9.17, 15) is 44.3 Å². The average Bonchev–Trinajstić information content (AvgIpc) is 3.47. The number of piperidine rings is 2. The maximum absolute atomic E-state index is 12.5. The molecule has 23 heteroatoms. The Kier molecular flexibility index (Phi) is 13.0. The van der Waals surface area contributed by atoms with Crippen LogP contribution in [0.25, 0.3) is 0 Å². The minimum absolute atomic E-state index is 0.147. The van der Waals surface area contributed by atoms with Crippen LogP contribution < -0.4 is 10.8 Å². The Morgan fingerprint density at radius 2 is 1.50 bits per heavy atom. The lowest BCUT2D eigenvalue weighted by Gasteiger charge is -2.31. The summed E-state index contributed by atoms with van der Waals surface area (Å²) in [5.41, 5.74) is 2.43. The minimum Gasteiger partial charge on any atom is -0.475 e. The summed E-state index contributed by atoms with van der Waals surface area (Å²) < 4.78 is 98.6. The number of amides is 3. The number of hydroxylamine groups is 3. The van der Waals surface area contributed by atoms with Crippen LogP contribution in [-0.2, 0) is 33.9 Å². The first-order chi connectivity index (χ1) is 20.2. The highest BCUT2D eigenvalue weighted by atomic mass is 32.3. The summed E-state index contributed by atoms with van der Waals surface area (Å²) in [6.07, 6.45) is -4.69. The lowest BCUT2D eigenvalue weighted by molar-refractivity contribution is -0.193. The van der Waals surface area contributed by atoms with E-state index in [0.717, 1.165) is 26.1 Å². The predicted molar refractivity (Wildman–Crippen MR) is 130 cm³/mol. The van der Waals surface area contributed by atoms with E-state index in [1.54, 1.807) is 0 Å². The van der Waals surface area contributed by atoms with Crippen molar-refractivity contribution in [1.29, 1.82) is 0 Å². The number of hydrogen-bond donors (Lipinski definition) is 5. The number of urea groups is 1. The van der Waals surface area contributed by atoms with Crippen molar-refractivity contribution in [3.05, 3.63) is 0 Å². The third-order valence-corrected chi connectivity index (χ3v) is 7.20. The van der Waals surface area contributed by atoms with E-state index in [4.69, 9.17) is 29.2 Å². The lowest BCUT2D eigenvalue weighted by Crippen LogP contribution is -2.50. The number of carboxylic acid groups (broad SMARTS) is 2. The molecule has 0 unspecified atom stereocenters. The molecule has 4 saturated heterocycles. The standard InChI is InChI=1S/C17H29N5O7S.2C2HF3O2/c23-16(15-5-4-13-10-21(15)17(24)22(13)29-30(25,26)27)19-28-11-12-8-14(9-18-12)20-6-2-1-3-7-20;2*3-2(4,5)1(6)7/h12-15,18H,1-11H2,(H,19,23)(H,25,26,27);2*(H,6,7)/t12-,13-,14+,15+;;/m1../s1. The molecule has 4 atom stereocenters. The van der Waals surface area contributed by atoms with Crippen LogP contribution in [0.1, 0.15) is 38.5 Å². The fourth-order valence-corrected chi connectivity index (χ4v) is 5.26. The summed E-state index contributed by atoms with van der Waals surface area (Å²) in [5, 5.41) is 18.3.